The number of rotatable bonds is 4. The SMILES string of the molecule is Cc1cccc([C@H](C)NC(C)c2ccc3c(c2)CCO3)c1. The zero-order chi connectivity index (χ0) is 14.8. The minimum Gasteiger partial charge on any atom is -0.493 e. The van der Waals surface area contributed by atoms with Crippen LogP contribution < -0.4 is 10.1 Å². The summed E-state index contributed by atoms with van der Waals surface area (Å²) in [6, 6.07) is 15.9. The predicted octanol–water partition coefficient (Wildman–Crippen LogP) is 4.34. The van der Waals surface area contributed by atoms with E-state index in [2.05, 4.69) is 68.6 Å². The molecule has 0 bridgehead atoms. The summed E-state index contributed by atoms with van der Waals surface area (Å²) in [5, 5.41) is 3.69. The highest BCUT2D eigenvalue weighted by atomic mass is 16.5. The molecule has 3 rings (SSSR count). The molecule has 0 radical (unpaired) electrons. The van der Waals surface area contributed by atoms with Crippen LogP contribution in [0.2, 0.25) is 0 Å². The first-order valence-corrected chi connectivity index (χ1v) is 7.72. The Morgan fingerprint density at radius 1 is 1.00 bits per heavy atom. The second-order valence-electron chi connectivity index (χ2n) is 5.99. The van der Waals surface area contributed by atoms with Crippen molar-refractivity contribution in [3.63, 3.8) is 0 Å². The van der Waals surface area contributed by atoms with Crippen LogP contribution in [0.3, 0.4) is 0 Å². The van der Waals surface area contributed by atoms with E-state index in [-0.39, 0.29) is 0 Å². The molecule has 2 heteroatoms. The number of aryl methyl sites for hydroxylation is 1. The second kappa shape index (κ2) is 5.90. The van der Waals surface area contributed by atoms with E-state index in [9.17, 15) is 0 Å². The van der Waals surface area contributed by atoms with Crippen molar-refractivity contribution in [1.29, 1.82) is 0 Å². The van der Waals surface area contributed by atoms with E-state index in [1.165, 1.54) is 22.3 Å². The fourth-order valence-electron chi connectivity index (χ4n) is 2.98. The first-order valence-electron chi connectivity index (χ1n) is 7.72. The van der Waals surface area contributed by atoms with Crippen molar-refractivity contribution >= 4 is 0 Å². The van der Waals surface area contributed by atoms with Gasteiger partial charge in [0.15, 0.2) is 0 Å². The van der Waals surface area contributed by atoms with Gasteiger partial charge in [0.25, 0.3) is 0 Å². The Labute approximate surface area is 127 Å². The summed E-state index contributed by atoms with van der Waals surface area (Å²) in [5.41, 5.74) is 5.32. The number of hydrogen-bond donors (Lipinski definition) is 1. The number of ether oxygens (including phenoxy) is 1. The van der Waals surface area contributed by atoms with Gasteiger partial charge in [-0.25, -0.2) is 0 Å². The lowest BCUT2D eigenvalue weighted by Crippen LogP contribution is -2.22. The van der Waals surface area contributed by atoms with Gasteiger partial charge in [-0.15, -0.1) is 0 Å². The summed E-state index contributed by atoms with van der Waals surface area (Å²) in [6.07, 6.45) is 1.03. The van der Waals surface area contributed by atoms with Gasteiger partial charge in [-0.05, 0) is 43.5 Å². The Bertz CT molecular complexity index is 635. The average molecular weight is 281 g/mol. The topological polar surface area (TPSA) is 21.3 Å². The van der Waals surface area contributed by atoms with E-state index < -0.39 is 0 Å². The number of hydrogen-bond acceptors (Lipinski definition) is 2. The zero-order valence-corrected chi connectivity index (χ0v) is 13.0. The van der Waals surface area contributed by atoms with Gasteiger partial charge in [-0.2, -0.15) is 0 Å². The summed E-state index contributed by atoms with van der Waals surface area (Å²) < 4.78 is 5.58. The van der Waals surface area contributed by atoms with Crippen LogP contribution in [0.5, 0.6) is 5.75 Å². The molecule has 2 aromatic rings. The van der Waals surface area contributed by atoms with E-state index in [0.29, 0.717) is 12.1 Å². The lowest BCUT2D eigenvalue weighted by Gasteiger charge is -2.21. The molecular weight excluding hydrogens is 258 g/mol. The molecule has 0 amide bonds. The molecule has 1 aliphatic heterocycles. The summed E-state index contributed by atoms with van der Waals surface area (Å²) in [7, 11) is 0. The Balaban J connectivity index is 1.72. The Kier molecular flexibility index (Phi) is 3.98. The van der Waals surface area contributed by atoms with E-state index in [4.69, 9.17) is 4.74 Å². The van der Waals surface area contributed by atoms with Gasteiger partial charge in [0.05, 0.1) is 6.61 Å². The molecule has 1 heterocycles. The third kappa shape index (κ3) is 3.11. The molecule has 0 spiro atoms. The molecule has 2 atom stereocenters. The highest BCUT2D eigenvalue weighted by Gasteiger charge is 2.16. The zero-order valence-electron chi connectivity index (χ0n) is 13.0. The molecule has 1 aliphatic rings. The van der Waals surface area contributed by atoms with Gasteiger partial charge in [0.2, 0.25) is 0 Å². The molecule has 2 nitrogen and oxygen atoms in total. The van der Waals surface area contributed by atoms with Crippen LogP contribution in [0.1, 0.15) is 48.2 Å². The van der Waals surface area contributed by atoms with Gasteiger partial charge in [0.1, 0.15) is 5.75 Å². The summed E-state index contributed by atoms with van der Waals surface area (Å²) in [5.74, 6) is 1.05. The normalized spacial score (nSPS) is 16.1. The van der Waals surface area contributed by atoms with Crippen molar-refractivity contribution in [3.8, 4) is 5.75 Å². The van der Waals surface area contributed by atoms with Crippen molar-refractivity contribution in [2.75, 3.05) is 6.61 Å². The van der Waals surface area contributed by atoms with Crippen molar-refractivity contribution in [2.45, 2.75) is 39.3 Å². The molecule has 1 unspecified atom stereocenters. The Morgan fingerprint density at radius 2 is 1.76 bits per heavy atom. The number of fused-ring (bicyclic) bond motifs is 1. The van der Waals surface area contributed by atoms with Crippen LogP contribution in [0.15, 0.2) is 42.5 Å². The van der Waals surface area contributed by atoms with Crippen molar-refractivity contribution in [3.05, 3.63) is 64.7 Å². The summed E-state index contributed by atoms with van der Waals surface area (Å²) >= 11 is 0. The monoisotopic (exact) mass is 281 g/mol. The van der Waals surface area contributed by atoms with E-state index in [0.717, 1.165) is 18.8 Å². The fraction of sp³-hybridized carbons (Fsp3) is 0.368. The average Bonchev–Trinajstić information content (AvgIpc) is 2.94. The lowest BCUT2D eigenvalue weighted by molar-refractivity contribution is 0.356. The molecule has 0 saturated heterocycles. The highest BCUT2D eigenvalue weighted by Crippen LogP contribution is 2.29. The van der Waals surface area contributed by atoms with Crippen LogP contribution in [-0.4, -0.2) is 6.61 Å². The van der Waals surface area contributed by atoms with Gasteiger partial charge in [0, 0.05) is 18.5 Å². The molecular formula is C19H23NO. The summed E-state index contributed by atoms with van der Waals surface area (Å²) in [4.78, 5) is 0. The Hall–Kier alpha value is -1.80. The molecule has 21 heavy (non-hydrogen) atoms. The third-order valence-corrected chi connectivity index (χ3v) is 4.26. The van der Waals surface area contributed by atoms with Gasteiger partial charge < -0.3 is 10.1 Å². The minimum atomic E-state index is 0.325. The van der Waals surface area contributed by atoms with Crippen LogP contribution in [-0.2, 0) is 6.42 Å². The van der Waals surface area contributed by atoms with Crippen molar-refractivity contribution in [1.82, 2.24) is 5.32 Å². The predicted molar refractivity (Wildman–Crippen MR) is 86.8 cm³/mol. The fourth-order valence-corrected chi connectivity index (χ4v) is 2.98. The maximum atomic E-state index is 5.58. The van der Waals surface area contributed by atoms with Crippen LogP contribution in [0.4, 0.5) is 0 Å². The minimum absolute atomic E-state index is 0.325. The smallest absolute Gasteiger partial charge is 0.122 e. The molecule has 0 aliphatic carbocycles. The molecule has 1 N–H and O–H groups in total. The van der Waals surface area contributed by atoms with Gasteiger partial charge in [-0.1, -0.05) is 42.0 Å². The molecule has 2 aromatic carbocycles. The summed E-state index contributed by atoms with van der Waals surface area (Å²) in [6.45, 7) is 7.41. The van der Waals surface area contributed by atoms with Crippen LogP contribution in [0, 0.1) is 6.92 Å². The molecule has 0 aromatic heterocycles. The first-order chi connectivity index (χ1) is 10.1. The number of nitrogens with one attached hydrogen (secondary N) is 1. The molecule has 0 saturated carbocycles. The van der Waals surface area contributed by atoms with E-state index in [1.54, 1.807) is 0 Å². The third-order valence-electron chi connectivity index (χ3n) is 4.26. The largest absolute Gasteiger partial charge is 0.493 e. The maximum absolute atomic E-state index is 5.58. The second-order valence-corrected chi connectivity index (χ2v) is 5.99. The van der Waals surface area contributed by atoms with E-state index >= 15 is 0 Å². The first kappa shape index (κ1) is 14.2. The molecule has 110 valence electrons. The number of benzene rings is 2. The molecule has 0 fully saturated rings. The lowest BCUT2D eigenvalue weighted by atomic mass is 10.0. The van der Waals surface area contributed by atoms with Crippen molar-refractivity contribution in [2.24, 2.45) is 0 Å². The van der Waals surface area contributed by atoms with E-state index in [1.807, 2.05) is 0 Å². The quantitative estimate of drug-likeness (QED) is 0.900. The standard InChI is InChI=1S/C19H23NO/c1-13-5-4-6-16(11-13)14(2)20-15(3)17-7-8-19-18(12-17)9-10-21-19/h4-8,11-12,14-15,20H,9-10H2,1-3H3/t14-,15?/m0/s1. The van der Waals surface area contributed by atoms with Crippen LogP contribution >= 0.6 is 0 Å². The maximum Gasteiger partial charge on any atom is 0.122 e. The van der Waals surface area contributed by atoms with Crippen LogP contribution in [0.25, 0.3) is 0 Å². The van der Waals surface area contributed by atoms with Gasteiger partial charge >= 0.3 is 0 Å². The highest BCUT2D eigenvalue weighted by molar-refractivity contribution is 5.40. The Morgan fingerprint density at radius 3 is 2.52 bits per heavy atom. The van der Waals surface area contributed by atoms with Crippen molar-refractivity contribution < 1.29 is 4.74 Å². The van der Waals surface area contributed by atoms with Gasteiger partial charge in [-0.3, -0.25) is 0 Å².